The number of aromatic amines is 1. The Morgan fingerprint density at radius 2 is 2.24 bits per heavy atom. The average Bonchev–Trinajstić information content (AvgIpc) is 2.89. The zero-order valence-corrected chi connectivity index (χ0v) is 10.4. The summed E-state index contributed by atoms with van der Waals surface area (Å²) in [5.41, 5.74) is 5.40. The Kier molecular flexibility index (Phi) is 3.86. The second-order valence-corrected chi connectivity index (χ2v) is 4.63. The van der Waals surface area contributed by atoms with Gasteiger partial charge in [0, 0.05) is 19.4 Å². The number of nitrogen functional groups attached to an aromatic ring is 1. The van der Waals surface area contributed by atoms with E-state index in [0.29, 0.717) is 0 Å². The van der Waals surface area contributed by atoms with E-state index in [2.05, 4.69) is 37.6 Å². The van der Waals surface area contributed by atoms with E-state index in [9.17, 15) is 0 Å². The molecule has 0 aromatic carbocycles. The minimum Gasteiger partial charge on any atom is -0.367 e. The van der Waals surface area contributed by atoms with Crippen molar-refractivity contribution in [1.29, 1.82) is 0 Å². The van der Waals surface area contributed by atoms with Crippen molar-refractivity contribution in [1.82, 2.24) is 25.4 Å². The van der Waals surface area contributed by atoms with Crippen LogP contribution in [0.2, 0.25) is 0 Å². The summed E-state index contributed by atoms with van der Waals surface area (Å²) in [7, 11) is 0. The van der Waals surface area contributed by atoms with Crippen LogP contribution in [0.15, 0.2) is 0 Å². The minimum atomic E-state index is 0.279. The lowest BCUT2D eigenvalue weighted by Crippen LogP contribution is -2.05. The molecule has 2 heterocycles. The molecule has 0 bridgehead atoms. The number of hydrogen-bond acceptors (Lipinski definition) is 7. The maximum absolute atomic E-state index is 5.40. The quantitative estimate of drug-likeness (QED) is 0.704. The van der Waals surface area contributed by atoms with Gasteiger partial charge in [0.1, 0.15) is 10.8 Å². The third kappa shape index (κ3) is 3.38. The monoisotopic (exact) mass is 253 g/mol. The van der Waals surface area contributed by atoms with Gasteiger partial charge in [0.2, 0.25) is 11.1 Å². The van der Waals surface area contributed by atoms with Crippen LogP contribution >= 0.6 is 11.3 Å². The SMILES string of the molecule is CCCc1nnc(NCCc2nc(N)n[nH]2)s1. The van der Waals surface area contributed by atoms with Gasteiger partial charge in [-0.05, 0) is 6.42 Å². The van der Waals surface area contributed by atoms with Crippen molar-refractivity contribution in [3.8, 4) is 0 Å². The molecule has 0 aliphatic carbocycles. The van der Waals surface area contributed by atoms with Crippen LogP contribution in [0, 0.1) is 0 Å². The zero-order chi connectivity index (χ0) is 12.1. The van der Waals surface area contributed by atoms with Crippen molar-refractivity contribution < 1.29 is 0 Å². The summed E-state index contributed by atoms with van der Waals surface area (Å²) in [6.07, 6.45) is 2.80. The molecule has 2 rings (SSSR count). The van der Waals surface area contributed by atoms with E-state index < -0.39 is 0 Å². The van der Waals surface area contributed by atoms with Crippen molar-refractivity contribution in [2.75, 3.05) is 17.6 Å². The zero-order valence-electron chi connectivity index (χ0n) is 9.60. The van der Waals surface area contributed by atoms with E-state index in [1.807, 2.05) is 0 Å². The highest BCUT2D eigenvalue weighted by Crippen LogP contribution is 2.16. The molecule has 0 atom stereocenters. The predicted octanol–water partition coefficient (Wildman–Crippen LogP) is 0.845. The lowest BCUT2D eigenvalue weighted by atomic mass is 10.4. The molecule has 0 unspecified atom stereocenters. The molecule has 7 nitrogen and oxygen atoms in total. The second-order valence-electron chi connectivity index (χ2n) is 3.57. The fourth-order valence-electron chi connectivity index (χ4n) is 1.35. The third-order valence-corrected chi connectivity index (χ3v) is 3.06. The van der Waals surface area contributed by atoms with Gasteiger partial charge in [0.15, 0.2) is 0 Å². The van der Waals surface area contributed by atoms with E-state index in [4.69, 9.17) is 5.73 Å². The summed E-state index contributed by atoms with van der Waals surface area (Å²) in [5, 5.41) is 19.8. The highest BCUT2D eigenvalue weighted by Gasteiger charge is 2.03. The topological polar surface area (TPSA) is 105 Å². The maximum atomic E-state index is 5.40. The molecule has 0 amide bonds. The highest BCUT2D eigenvalue weighted by molar-refractivity contribution is 7.15. The van der Waals surface area contributed by atoms with Gasteiger partial charge in [-0.3, -0.25) is 5.10 Å². The smallest absolute Gasteiger partial charge is 0.239 e. The van der Waals surface area contributed by atoms with Crippen LogP contribution < -0.4 is 11.1 Å². The fraction of sp³-hybridized carbons (Fsp3) is 0.556. The normalized spacial score (nSPS) is 10.6. The Hall–Kier alpha value is -1.70. The first-order chi connectivity index (χ1) is 8.28. The van der Waals surface area contributed by atoms with Gasteiger partial charge in [-0.1, -0.05) is 18.3 Å². The van der Waals surface area contributed by atoms with Crippen molar-refractivity contribution in [3.05, 3.63) is 10.8 Å². The lowest BCUT2D eigenvalue weighted by molar-refractivity contribution is 0.872. The molecule has 8 heteroatoms. The first kappa shape index (κ1) is 11.8. The molecule has 0 saturated heterocycles. The molecule has 0 aliphatic heterocycles. The Balaban J connectivity index is 1.77. The van der Waals surface area contributed by atoms with Crippen LogP contribution in [-0.4, -0.2) is 31.9 Å². The highest BCUT2D eigenvalue weighted by atomic mass is 32.1. The standard InChI is InChI=1S/C9H15N7S/c1-2-3-7-14-16-9(17-7)11-5-4-6-12-8(10)15-13-6/h2-5H2,1H3,(H,11,16)(H3,10,12,13,15). The van der Waals surface area contributed by atoms with Crippen molar-refractivity contribution in [3.63, 3.8) is 0 Å². The van der Waals surface area contributed by atoms with E-state index in [0.717, 1.165) is 41.8 Å². The molecule has 92 valence electrons. The summed E-state index contributed by atoms with van der Waals surface area (Å²) in [6.45, 7) is 2.86. The second kappa shape index (κ2) is 5.58. The molecular weight excluding hydrogens is 238 g/mol. The van der Waals surface area contributed by atoms with Gasteiger partial charge in [-0.25, -0.2) is 0 Å². The van der Waals surface area contributed by atoms with Crippen LogP contribution in [0.5, 0.6) is 0 Å². The van der Waals surface area contributed by atoms with E-state index >= 15 is 0 Å². The van der Waals surface area contributed by atoms with Crippen LogP contribution in [0.4, 0.5) is 11.1 Å². The maximum Gasteiger partial charge on any atom is 0.239 e. The fourth-order valence-corrected chi connectivity index (χ4v) is 2.22. The summed E-state index contributed by atoms with van der Waals surface area (Å²) in [5.74, 6) is 1.05. The molecule has 17 heavy (non-hydrogen) atoms. The Labute approximate surface area is 103 Å². The number of nitrogens with one attached hydrogen (secondary N) is 2. The Morgan fingerprint density at radius 1 is 1.35 bits per heavy atom. The molecule has 0 spiro atoms. The lowest BCUT2D eigenvalue weighted by Gasteiger charge is -1.98. The Bertz CT molecular complexity index is 463. The molecule has 2 aromatic rings. The van der Waals surface area contributed by atoms with E-state index in [-0.39, 0.29) is 5.95 Å². The molecule has 2 aromatic heterocycles. The number of H-pyrrole nitrogens is 1. The molecule has 0 saturated carbocycles. The van der Waals surface area contributed by atoms with Crippen molar-refractivity contribution in [2.24, 2.45) is 0 Å². The summed E-state index contributed by atoms with van der Waals surface area (Å²) >= 11 is 1.59. The van der Waals surface area contributed by atoms with Crippen LogP contribution in [0.3, 0.4) is 0 Å². The molecule has 0 radical (unpaired) electrons. The van der Waals surface area contributed by atoms with Gasteiger partial charge in [-0.2, -0.15) is 4.98 Å². The number of nitrogens with two attached hydrogens (primary N) is 1. The Morgan fingerprint density at radius 3 is 2.94 bits per heavy atom. The van der Waals surface area contributed by atoms with E-state index in [1.165, 1.54) is 0 Å². The first-order valence-corrected chi connectivity index (χ1v) is 6.32. The largest absolute Gasteiger partial charge is 0.367 e. The number of aromatic nitrogens is 5. The first-order valence-electron chi connectivity index (χ1n) is 5.51. The van der Waals surface area contributed by atoms with Crippen LogP contribution in [0.1, 0.15) is 24.2 Å². The van der Waals surface area contributed by atoms with Crippen molar-refractivity contribution >= 4 is 22.4 Å². The van der Waals surface area contributed by atoms with Gasteiger partial charge < -0.3 is 11.1 Å². The number of aryl methyl sites for hydroxylation is 1. The summed E-state index contributed by atoms with van der Waals surface area (Å²) in [4.78, 5) is 4.01. The average molecular weight is 253 g/mol. The van der Waals surface area contributed by atoms with Crippen LogP contribution in [-0.2, 0) is 12.8 Å². The third-order valence-electron chi connectivity index (χ3n) is 2.12. The van der Waals surface area contributed by atoms with Gasteiger partial charge in [-0.15, -0.1) is 15.3 Å². The molecule has 4 N–H and O–H groups in total. The summed E-state index contributed by atoms with van der Waals surface area (Å²) < 4.78 is 0. The van der Waals surface area contributed by atoms with Gasteiger partial charge in [0.25, 0.3) is 0 Å². The molecule has 0 fully saturated rings. The van der Waals surface area contributed by atoms with Gasteiger partial charge in [0.05, 0.1) is 0 Å². The number of nitrogens with zero attached hydrogens (tertiary/aromatic N) is 4. The number of hydrogen-bond donors (Lipinski definition) is 3. The molecular formula is C9H15N7S. The minimum absolute atomic E-state index is 0.279. The number of anilines is 2. The summed E-state index contributed by atoms with van der Waals surface area (Å²) in [6, 6.07) is 0. The van der Waals surface area contributed by atoms with Gasteiger partial charge >= 0.3 is 0 Å². The molecule has 0 aliphatic rings. The number of rotatable bonds is 6. The van der Waals surface area contributed by atoms with E-state index in [1.54, 1.807) is 11.3 Å². The van der Waals surface area contributed by atoms with Crippen molar-refractivity contribution in [2.45, 2.75) is 26.2 Å². The predicted molar refractivity (Wildman–Crippen MR) is 66.9 cm³/mol. The van der Waals surface area contributed by atoms with Crippen LogP contribution in [0.25, 0.3) is 0 Å².